The van der Waals surface area contributed by atoms with E-state index in [0.29, 0.717) is 12.2 Å². The normalized spacial score (nSPS) is 21.1. The maximum Gasteiger partial charge on any atom is 0.266 e. The molecular formula is C22H22N4O3. The van der Waals surface area contributed by atoms with Crippen LogP contribution < -0.4 is 0 Å². The summed E-state index contributed by atoms with van der Waals surface area (Å²) in [6, 6.07) is 11.1. The summed E-state index contributed by atoms with van der Waals surface area (Å²) in [5.74, 6) is 1.03. The van der Waals surface area contributed by atoms with Crippen molar-refractivity contribution in [2.24, 2.45) is 5.10 Å². The van der Waals surface area contributed by atoms with E-state index in [1.54, 1.807) is 11.0 Å². The first-order chi connectivity index (χ1) is 13.9. The van der Waals surface area contributed by atoms with Gasteiger partial charge >= 0.3 is 0 Å². The second-order valence-electron chi connectivity index (χ2n) is 8.16. The van der Waals surface area contributed by atoms with Gasteiger partial charge in [0.15, 0.2) is 0 Å². The van der Waals surface area contributed by atoms with Crippen LogP contribution in [-0.4, -0.2) is 45.5 Å². The lowest BCUT2D eigenvalue weighted by atomic mass is 9.82. The van der Waals surface area contributed by atoms with Gasteiger partial charge in [0.25, 0.3) is 5.91 Å². The average Bonchev–Trinajstić information content (AvgIpc) is 3.27. The Morgan fingerprint density at radius 3 is 2.76 bits per heavy atom. The van der Waals surface area contributed by atoms with E-state index in [9.17, 15) is 9.59 Å². The smallest absolute Gasteiger partial charge is 0.266 e. The third kappa shape index (κ3) is 2.61. The van der Waals surface area contributed by atoms with Gasteiger partial charge < -0.3 is 14.3 Å². The second kappa shape index (κ2) is 6.07. The van der Waals surface area contributed by atoms with E-state index in [1.165, 1.54) is 11.2 Å². The molecule has 0 saturated carbocycles. The largest absolute Gasteiger partial charge is 0.460 e. The number of hydrogen-bond donors (Lipinski definition) is 1. The molecule has 2 aromatic heterocycles. The molecule has 0 aliphatic carbocycles. The Morgan fingerprint density at radius 2 is 2.00 bits per heavy atom. The topological polar surface area (TPSA) is 81.9 Å². The van der Waals surface area contributed by atoms with Gasteiger partial charge in [0, 0.05) is 23.0 Å². The van der Waals surface area contributed by atoms with Crippen molar-refractivity contribution >= 4 is 28.9 Å². The van der Waals surface area contributed by atoms with Crippen molar-refractivity contribution in [1.29, 1.82) is 0 Å². The van der Waals surface area contributed by atoms with Crippen LogP contribution in [0.3, 0.4) is 0 Å². The molecule has 2 aliphatic rings. The highest BCUT2D eigenvalue weighted by Gasteiger charge is 2.51. The number of fused-ring (bicyclic) bond motifs is 4. The van der Waals surface area contributed by atoms with Crippen LogP contribution in [0.25, 0.3) is 10.9 Å². The van der Waals surface area contributed by atoms with E-state index in [1.807, 2.05) is 45.0 Å². The lowest BCUT2D eigenvalue weighted by Crippen LogP contribution is -2.66. The van der Waals surface area contributed by atoms with Gasteiger partial charge in [-0.25, -0.2) is 5.01 Å². The van der Waals surface area contributed by atoms with E-state index in [-0.39, 0.29) is 18.4 Å². The monoisotopic (exact) mass is 390 g/mol. The van der Waals surface area contributed by atoms with Gasteiger partial charge in [0.05, 0.1) is 11.8 Å². The van der Waals surface area contributed by atoms with Crippen molar-refractivity contribution in [3.05, 3.63) is 59.2 Å². The number of aromatic amines is 1. The van der Waals surface area contributed by atoms with Crippen LogP contribution in [0, 0.1) is 6.92 Å². The lowest BCUT2D eigenvalue weighted by molar-refractivity contribution is -0.163. The van der Waals surface area contributed by atoms with E-state index in [2.05, 4.69) is 16.2 Å². The standard InChI is InChI=1S/C22H22N4O3/c1-13-8-9-14(29-13)11-23-25-12-19(27)26-18(21(25)28)10-16-15-6-4-5-7-17(15)24-20(16)22(26,2)3/h4-9,11,18,24H,10,12H2,1-3H3/t18-/m0/s1. The number of nitrogens with zero attached hydrogens (tertiary/aromatic N) is 3. The van der Waals surface area contributed by atoms with Crippen molar-refractivity contribution in [3.63, 3.8) is 0 Å². The van der Waals surface area contributed by atoms with Gasteiger partial charge in [-0.1, -0.05) is 18.2 Å². The van der Waals surface area contributed by atoms with Gasteiger partial charge in [-0.05, 0) is 44.5 Å². The van der Waals surface area contributed by atoms with E-state index in [0.717, 1.165) is 27.9 Å². The van der Waals surface area contributed by atoms with Crippen LogP contribution in [-0.2, 0) is 21.5 Å². The predicted molar refractivity (Wildman–Crippen MR) is 108 cm³/mol. The van der Waals surface area contributed by atoms with Crippen molar-refractivity contribution in [1.82, 2.24) is 14.9 Å². The number of piperazine rings is 1. The summed E-state index contributed by atoms with van der Waals surface area (Å²) in [5.41, 5.74) is 2.51. The molecule has 3 aromatic rings. The van der Waals surface area contributed by atoms with Crippen LogP contribution in [0.2, 0.25) is 0 Å². The Balaban J connectivity index is 1.53. The molecule has 4 heterocycles. The number of carbonyl (C=O) groups is 2. The number of para-hydroxylation sites is 1. The van der Waals surface area contributed by atoms with Crippen LogP contribution in [0.15, 0.2) is 45.9 Å². The van der Waals surface area contributed by atoms with Crippen LogP contribution >= 0.6 is 0 Å². The first-order valence-corrected chi connectivity index (χ1v) is 9.70. The summed E-state index contributed by atoms with van der Waals surface area (Å²) in [4.78, 5) is 31.5. The molecule has 0 unspecified atom stereocenters. The molecule has 7 heteroatoms. The summed E-state index contributed by atoms with van der Waals surface area (Å²) < 4.78 is 5.47. The van der Waals surface area contributed by atoms with Crippen LogP contribution in [0.5, 0.6) is 0 Å². The fourth-order valence-corrected chi connectivity index (χ4v) is 4.61. The van der Waals surface area contributed by atoms with Gasteiger partial charge in [-0.2, -0.15) is 5.10 Å². The van der Waals surface area contributed by atoms with E-state index in [4.69, 9.17) is 4.42 Å². The number of H-pyrrole nitrogens is 1. The van der Waals surface area contributed by atoms with E-state index >= 15 is 0 Å². The molecule has 2 amide bonds. The molecule has 29 heavy (non-hydrogen) atoms. The highest BCUT2D eigenvalue weighted by molar-refractivity contribution is 5.98. The Kier molecular flexibility index (Phi) is 3.71. The number of aryl methyl sites for hydroxylation is 1. The highest BCUT2D eigenvalue weighted by atomic mass is 16.3. The number of amides is 2. The molecule has 1 aromatic carbocycles. The first-order valence-electron chi connectivity index (χ1n) is 9.70. The Hall–Kier alpha value is -3.35. The third-order valence-electron chi connectivity index (χ3n) is 5.92. The van der Waals surface area contributed by atoms with Crippen molar-refractivity contribution in [2.75, 3.05) is 6.54 Å². The zero-order valence-corrected chi connectivity index (χ0v) is 16.6. The van der Waals surface area contributed by atoms with Gasteiger partial charge in [-0.15, -0.1) is 0 Å². The molecule has 2 aliphatic heterocycles. The molecule has 7 nitrogen and oxygen atoms in total. The quantitative estimate of drug-likeness (QED) is 0.683. The number of carbonyl (C=O) groups excluding carboxylic acids is 2. The molecule has 1 fully saturated rings. The zero-order valence-electron chi connectivity index (χ0n) is 16.6. The number of aromatic nitrogens is 1. The molecule has 0 bridgehead atoms. The maximum atomic E-state index is 13.3. The van der Waals surface area contributed by atoms with E-state index < -0.39 is 11.6 Å². The molecule has 1 N–H and O–H groups in total. The fraction of sp³-hybridized carbons (Fsp3) is 0.318. The number of nitrogens with one attached hydrogen (secondary N) is 1. The molecule has 1 saturated heterocycles. The van der Waals surface area contributed by atoms with Gasteiger partial charge in [0.1, 0.15) is 24.1 Å². The average molecular weight is 390 g/mol. The number of benzene rings is 1. The first kappa shape index (κ1) is 17.7. The number of rotatable bonds is 2. The minimum atomic E-state index is -0.613. The zero-order chi connectivity index (χ0) is 20.3. The molecular weight excluding hydrogens is 368 g/mol. The summed E-state index contributed by atoms with van der Waals surface area (Å²) in [6.07, 6.45) is 1.96. The molecule has 148 valence electrons. The minimum Gasteiger partial charge on any atom is -0.460 e. The number of hydrogen-bond acceptors (Lipinski definition) is 4. The fourth-order valence-electron chi connectivity index (χ4n) is 4.61. The Labute approximate surface area is 168 Å². The third-order valence-corrected chi connectivity index (χ3v) is 5.92. The minimum absolute atomic E-state index is 0.0789. The highest BCUT2D eigenvalue weighted by Crippen LogP contribution is 2.42. The maximum absolute atomic E-state index is 13.3. The van der Waals surface area contributed by atoms with Crippen LogP contribution in [0.4, 0.5) is 0 Å². The number of furan rings is 1. The molecule has 1 atom stereocenters. The Bertz CT molecular complexity index is 1170. The Morgan fingerprint density at radius 1 is 1.21 bits per heavy atom. The van der Waals surface area contributed by atoms with Crippen molar-refractivity contribution in [3.8, 4) is 0 Å². The van der Waals surface area contributed by atoms with Crippen LogP contribution in [0.1, 0.15) is 36.6 Å². The molecule has 5 rings (SSSR count). The predicted octanol–water partition coefficient (Wildman–Crippen LogP) is 2.93. The van der Waals surface area contributed by atoms with Gasteiger partial charge in [-0.3, -0.25) is 9.59 Å². The lowest BCUT2D eigenvalue weighted by Gasteiger charge is -2.50. The summed E-state index contributed by atoms with van der Waals surface area (Å²) in [5, 5.41) is 6.61. The summed E-state index contributed by atoms with van der Waals surface area (Å²) in [7, 11) is 0. The van der Waals surface area contributed by atoms with Crippen molar-refractivity contribution in [2.45, 2.75) is 38.8 Å². The summed E-state index contributed by atoms with van der Waals surface area (Å²) >= 11 is 0. The summed E-state index contributed by atoms with van der Waals surface area (Å²) in [6.45, 7) is 5.74. The molecule has 0 radical (unpaired) electrons. The number of hydrazone groups is 1. The van der Waals surface area contributed by atoms with Crippen molar-refractivity contribution < 1.29 is 14.0 Å². The SMILES string of the molecule is Cc1ccc(C=NN2CC(=O)N3[C@@H](Cc4c([nH]c5ccccc45)C3(C)C)C2=O)o1. The molecule has 0 spiro atoms. The second-order valence-corrected chi connectivity index (χ2v) is 8.16. The van der Waals surface area contributed by atoms with Gasteiger partial charge in [0.2, 0.25) is 5.91 Å².